The Kier molecular flexibility index (Phi) is 6.99. The zero-order valence-electron chi connectivity index (χ0n) is 13.0. The maximum Gasteiger partial charge on any atom is 0.323 e. The second-order valence-corrected chi connectivity index (χ2v) is 5.94. The average molecular weight is 284 g/mol. The van der Waals surface area contributed by atoms with Crippen molar-refractivity contribution in [1.29, 1.82) is 0 Å². The van der Waals surface area contributed by atoms with Crippen molar-refractivity contribution in [3.8, 4) is 0 Å². The summed E-state index contributed by atoms with van der Waals surface area (Å²) in [5, 5.41) is 8.98. The fourth-order valence-corrected chi connectivity index (χ4v) is 2.95. The molecule has 1 heterocycles. The van der Waals surface area contributed by atoms with Crippen LogP contribution in [0.15, 0.2) is 0 Å². The molecule has 1 saturated heterocycles. The summed E-state index contributed by atoms with van der Waals surface area (Å²) in [4.78, 5) is 27.4. The monoisotopic (exact) mass is 284 g/mol. The molecule has 1 rings (SSSR count). The zero-order chi connectivity index (χ0) is 15.1. The molecule has 1 amide bonds. The van der Waals surface area contributed by atoms with Gasteiger partial charge in [-0.3, -0.25) is 14.5 Å². The largest absolute Gasteiger partial charge is 0.480 e. The fraction of sp³-hybridized carbons (Fsp3) is 0.867. The summed E-state index contributed by atoms with van der Waals surface area (Å²) < 4.78 is 0. The van der Waals surface area contributed by atoms with Gasteiger partial charge in [-0.05, 0) is 38.3 Å². The summed E-state index contributed by atoms with van der Waals surface area (Å²) in [7, 11) is 0. The van der Waals surface area contributed by atoms with Crippen LogP contribution in [0.25, 0.3) is 0 Å². The lowest BCUT2D eigenvalue weighted by atomic mass is 9.97. The summed E-state index contributed by atoms with van der Waals surface area (Å²) in [6.07, 6.45) is 4.26. The number of carbonyl (C=O) groups is 2. The molecule has 116 valence electrons. The lowest BCUT2D eigenvalue weighted by molar-refractivity contribution is -0.148. The van der Waals surface area contributed by atoms with Crippen LogP contribution in [0.3, 0.4) is 0 Å². The van der Waals surface area contributed by atoms with Gasteiger partial charge >= 0.3 is 5.97 Å². The van der Waals surface area contributed by atoms with E-state index in [9.17, 15) is 9.59 Å². The van der Waals surface area contributed by atoms with Gasteiger partial charge in [0, 0.05) is 6.54 Å². The Balaban J connectivity index is 2.81. The highest BCUT2D eigenvalue weighted by Crippen LogP contribution is 2.19. The third-order valence-corrected chi connectivity index (χ3v) is 3.80. The Morgan fingerprint density at radius 2 is 1.80 bits per heavy atom. The highest BCUT2D eigenvalue weighted by molar-refractivity contribution is 5.85. The fourth-order valence-electron chi connectivity index (χ4n) is 2.95. The van der Waals surface area contributed by atoms with E-state index in [4.69, 9.17) is 5.11 Å². The van der Waals surface area contributed by atoms with E-state index in [-0.39, 0.29) is 24.4 Å². The number of carboxylic acids is 1. The van der Waals surface area contributed by atoms with Gasteiger partial charge in [-0.15, -0.1) is 0 Å². The molecule has 0 aromatic heterocycles. The maximum atomic E-state index is 12.7. The standard InChI is InChI=1S/C15H28N2O3/c1-4-8-17(11-13(18)19)15(20)14(12(2)3)16-9-6-5-7-10-16/h12,14H,4-11H2,1-3H3,(H,18,19). The molecule has 1 atom stereocenters. The SMILES string of the molecule is CCCN(CC(=O)O)C(=O)C(C(C)C)N1CCCCC1. The number of hydrogen-bond acceptors (Lipinski definition) is 3. The van der Waals surface area contributed by atoms with E-state index >= 15 is 0 Å². The van der Waals surface area contributed by atoms with Crippen molar-refractivity contribution in [3.63, 3.8) is 0 Å². The third-order valence-electron chi connectivity index (χ3n) is 3.80. The minimum Gasteiger partial charge on any atom is -0.480 e. The molecule has 1 aliphatic heterocycles. The summed E-state index contributed by atoms with van der Waals surface area (Å²) >= 11 is 0. The Bertz CT molecular complexity index is 325. The predicted octanol–water partition coefficient (Wildman–Crippen LogP) is 1.82. The average Bonchev–Trinajstić information content (AvgIpc) is 2.38. The molecule has 1 N–H and O–H groups in total. The first-order valence-electron chi connectivity index (χ1n) is 7.72. The molecule has 20 heavy (non-hydrogen) atoms. The van der Waals surface area contributed by atoms with E-state index in [1.165, 1.54) is 11.3 Å². The van der Waals surface area contributed by atoms with E-state index in [2.05, 4.69) is 4.90 Å². The number of carbonyl (C=O) groups excluding carboxylic acids is 1. The molecule has 0 radical (unpaired) electrons. The van der Waals surface area contributed by atoms with Crippen LogP contribution in [0.5, 0.6) is 0 Å². The van der Waals surface area contributed by atoms with Gasteiger partial charge in [0.05, 0.1) is 6.04 Å². The molecule has 0 bridgehead atoms. The van der Waals surface area contributed by atoms with Crippen molar-refractivity contribution in [1.82, 2.24) is 9.80 Å². The molecular weight excluding hydrogens is 256 g/mol. The molecular formula is C15H28N2O3. The number of hydrogen-bond donors (Lipinski definition) is 1. The van der Waals surface area contributed by atoms with Gasteiger partial charge in [-0.25, -0.2) is 0 Å². The van der Waals surface area contributed by atoms with Crippen LogP contribution < -0.4 is 0 Å². The first-order valence-corrected chi connectivity index (χ1v) is 7.72. The van der Waals surface area contributed by atoms with Gasteiger partial charge in [0.15, 0.2) is 0 Å². The Labute approximate surface area is 121 Å². The second-order valence-electron chi connectivity index (χ2n) is 5.94. The minimum atomic E-state index is -0.937. The number of likely N-dealkylation sites (tertiary alicyclic amines) is 1. The van der Waals surface area contributed by atoms with E-state index in [1.807, 2.05) is 20.8 Å². The molecule has 1 aliphatic rings. The van der Waals surface area contributed by atoms with Crippen molar-refractivity contribution in [2.75, 3.05) is 26.2 Å². The van der Waals surface area contributed by atoms with Crippen molar-refractivity contribution in [2.45, 2.75) is 52.5 Å². The number of aliphatic carboxylic acids is 1. The van der Waals surface area contributed by atoms with Crippen LogP contribution in [0.2, 0.25) is 0 Å². The Hall–Kier alpha value is -1.10. The smallest absolute Gasteiger partial charge is 0.323 e. The second kappa shape index (κ2) is 8.25. The Morgan fingerprint density at radius 1 is 1.20 bits per heavy atom. The van der Waals surface area contributed by atoms with Gasteiger partial charge in [0.2, 0.25) is 5.91 Å². The van der Waals surface area contributed by atoms with Crippen LogP contribution in [-0.4, -0.2) is 59.0 Å². The topological polar surface area (TPSA) is 60.9 Å². The number of nitrogens with zero attached hydrogens (tertiary/aromatic N) is 2. The molecule has 0 aliphatic carbocycles. The summed E-state index contributed by atoms with van der Waals surface area (Å²) in [5.41, 5.74) is 0. The van der Waals surface area contributed by atoms with Crippen LogP contribution in [-0.2, 0) is 9.59 Å². The van der Waals surface area contributed by atoms with Crippen LogP contribution in [0.4, 0.5) is 0 Å². The van der Waals surface area contributed by atoms with Gasteiger partial charge in [0.1, 0.15) is 6.54 Å². The molecule has 5 nitrogen and oxygen atoms in total. The minimum absolute atomic E-state index is 0.0221. The number of piperidine rings is 1. The molecule has 5 heteroatoms. The predicted molar refractivity (Wildman–Crippen MR) is 78.6 cm³/mol. The third kappa shape index (κ3) is 4.78. The number of carboxylic acid groups (broad SMARTS) is 1. The normalized spacial score (nSPS) is 18.0. The quantitative estimate of drug-likeness (QED) is 0.774. The Morgan fingerprint density at radius 3 is 2.25 bits per heavy atom. The van der Waals surface area contributed by atoms with E-state index in [0.29, 0.717) is 6.54 Å². The van der Waals surface area contributed by atoms with E-state index < -0.39 is 5.97 Å². The van der Waals surface area contributed by atoms with Gasteiger partial charge in [0.25, 0.3) is 0 Å². The first kappa shape index (κ1) is 17.0. The molecule has 1 fully saturated rings. The van der Waals surface area contributed by atoms with E-state index in [1.54, 1.807) is 0 Å². The molecule has 0 saturated carbocycles. The highest BCUT2D eigenvalue weighted by Gasteiger charge is 2.33. The van der Waals surface area contributed by atoms with Crippen molar-refractivity contribution in [2.24, 2.45) is 5.92 Å². The summed E-state index contributed by atoms with van der Waals surface area (Å²) in [6, 6.07) is -0.179. The number of amides is 1. The number of rotatable bonds is 7. The summed E-state index contributed by atoms with van der Waals surface area (Å²) in [6.45, 7) is 8.27. The first-order chi connectivity index (χ1) is 9.47. The lowest BCUT2D eigenvalue weighted by Crippen LogP contribution is -2.53. The molecule has 1 unspecified atom stereocenters. The van der Waals surface area contributed by atoms with Gasteiger partial charge in [-0.1, -0.05) is 27.2 Å². The van der Waals surface area contributed by atoms with Crippen molar-refractivity contribution >= 4 is 11.9 Å². The van der Waals surface area contributed by atoms with Crippen molar-refractivity contribution in [3.05, 3.63) is 0 Å². The van der Waals surface area contributed by atoms with Crippen LogP contribution in [0, 0.1) is 5.92 Å². The van der Waals surface area contributed by atoms with Crippen LogP contribution >= 0.6 is 0 Å². The lowest BCUT2D eigenvalue weighted by Gasteiger charge is -2.38. The van der Waals surface area contributed by atoms with Crippen LogP contribution in [0.1, 0.15) is 46.5 Å². The zero-order valence-corrected chi connectivity index (χ0v) is 13.0. The molecule has 0 spiro atoms. The van der Waals surface area contributed by atoms with E-state index in [0.717, 1.165) is 32.4 Å². The van der Waals surface area contributed by atoms with Crippen molar-refractivity contribution < 1.29 is 14.7 Å². The summed E-state index contributed by atoms with van der Waals surface area (Å²) in [5.74, 6) is -0.757. The maximum absolute atomic E-state index is 12.7. The van der Waals surface area contributed by atoms with Gasteiger partial charge < -0.3 is 10.0 Å². The molecule has 0 aromatic rings. The highest BCUT2D eigenvalue weighted by atomic mass is 16.4. The van der Waals surface area contributed by atoms with Gasteiger partial charge in [-0.2, -0.15) is 0 Å². The molecule has 0 aromatic carbocycles.